The van der Waals surface area contributed by atoms with Gasteiger partial charge in [-0.05, 0) is 20.8 Å². The Balaban J connectivity index is 4.27. The lowest BCUT2D eigenvalue weighted by Crippen LogP contribution is -1.95. The minimum absolute atomic E-state index is 0.379. The lowest BCUT2D eigenvalue weighted by Gasteiger charge is -2.15. The Kier molecular flexibility index (Phi) is 4.66. The zero-order valence-corrected chi connectivity index (χ0v) is 8.19. The van der Waals surface area contributed by atoms with Crippen LogP contribution in [-0.2, 0) is 13.6 Å². The highest BCUT2D eigenvalue weighted by Gasteiger charge is 2.23. The molecular weight excluding hydrogens is 163 g/mol. The molecule has 3 nitrogen and oxygen atoms in total. The van der Waals surface area contributed by atoms with Crippen LogP contribution in [0.25, 0.3) is 0 Å². The van der Waals surface area contributed by atoms with Crippen molar-refractivity contribution in [3.63, 3.8) is 0 Å². The zero-order valence-electron chi connectivity index (χ0n) is 7.29. The van der Waals surface area contributed by atoms with Gasteiger partial charge in [0.25, 0.3) is 0 Å². The van der Waals surface area contributed by atoms with E-state index < -0.39 is 7.60 Å². The molecule has 0 N–H and O–H groups in total. The maximum Gasteiger partial charge on any atom is 0.356 e. The van der Waals surface area contributed by atoms with E-state index in [-0.39, 0.29) is 0 Å². The smallest absolute Gasteiger partial charge is 0.306 e. The Morgan fingerprint density at radius 3 is 1.91 bits per heavy atom. The van der Waals surface area contributed by atoms with Gasteiger partial charge in [-0.3, -0.25) is 4.57 Å². The molecule has 0 aliphatic rings. The van der Waals surface area contributed by atoms with E-state index in [1.165, 1.54) is 0 Å². The van der Waals surface area contributed by atoms with Crippen LogP contribution in [0.1, 0.15) is 20.8 Å². The van der Waals surface area contributed by atoms with E-state index in [1.807, 2.05) is 0 Å². The summed E-state index contributed by atoms with van der Waals surface area (Å²) in [6.07, 6.45) is 0. The molecule has 0 radical (unpaired) electrons. The second kappa shape index (κ2) is 4.70. The van der Waals surface area contributed by atoms with Crippen LogP contribution in [0.2, 0.25) is 0 Å². The van der Waals surface area contributed by atoms with Crippen LogP contribution in [0, 0.1) is 0 Å². The molecule has 0 rings (SSSR count). The molecule has 0 aliphatic carbocycles. The molecule has 0 aromatic heterocycles. The Hall–Kier alpha value is -0.110. The number of hydrogen-bond donors (Lipinski definition) is 0. The molecule has 0 aromatic rings. The highest BCUT2D eigenvalue weighted by Crippen LogP contribution is 2.54. The molecule has 11 heavy (non-hydrogen) atoms. The van der Waals surface area contributed by atoms with E-state index >= 15 is 0 Å². The maximum absolute atomic E-state index is 11.6. The van der Waals surface area contributed by atoms with Crippen LogP contribution in [0.15, 0.2) is 11.9 Å². The van der Waals surface area contributed by atoms with Gasteiger partial charge in [0.15, 0.2) is 0 Å². The monoisotopic (exact) mass is 178 g/mol. The summed E-state index contributed by atoms with van der Waals surface area (Å²) in [6, 6.07) is 0. The molecule has 4 heteroatoms. The third kappa shape index (κ3) is 3.19. The molecule has 0 unspecified atom stereocenters. The van der Waals surface area contributed by atoms with Gasteiger partial charge in [0, 0.05) is 5.31 Å². The van der Waals surface area contributed by atoms with E-state index in [9.17, 15) is 4.57 Å². The fourth-order valence-corrected chi connectivity index (χ4v) is 1.79. The van der Waals surface area contributed by atoms with Crippen LogP contribution in [0.5, 0.6) is 0 Å². The van der Waals surface area contributed by atoms with E-state index in [1.54, 1.807) is 20.8 Å². The molecular formula is C7H15O3P. The van der Waals surface area contributed by atoms with Crippen molar-refractivity contribution in [2.45, 2.75) is 20.8 Å². The number of hydrogen-bond acceptors (Lipinski definition) is 3. The van der Waals surface area contributed by atoms with Crippen LogP contribution >= 0.6 is 7.60 Å². The average molecular weight is 178 g/mol. The van der Waals surface area contributed by atoms with Crippen molar-refractivity contribution in [1.82, 2.24) is 0 Å². The van der Waals surface area contributed by atoms with Crippen molar-refractivity contribution in [2.24, 2.45) is 0 Å². The third-order valence-corrected chi connectivity index (χ3v) is 3.20. The van der Waals surface area contributed by atoms with E-state index in [0.717, 1.165) is 0 Å². The Bertz CT molecular complexity index is 167. The normalized spacial score (nSPS) is 11.5. The second-order valence-corrected chi connectivity index (χ2v) is 4.34. The van der Waals surface area contributed by atoms with Gasteiger partial charge in [-0.2, -0.15) is 0 Å². The van der Waals surface area contributed by atoms with Gasteiger partial charge in [-0.25, -0.2) is 0 Å². The first-order valence-corrected chi connectivity index (χ1v) is 5.16. The summed E-state index contributed by atoms with van der Waals surface area (Å²) >= 11 is 0. The lowest BCUT2D eigenvalue weighted by molar-refractivity contribution is 0.226. The van der Waals surface area contributed by atoms with Gasteiger partial charge >= 0.3 is 7.60 Å². The van der Waals surface area contributed by atoms with Gasteiger partial charge in [-0.15, -0.1) is 0 Å². The summed E-state index contributed by atoms with van der Waals surface area (Å²) in [5.41, 5.74) is 0. The second-order valence-electron chi connectivity index (χ2n) is 2.07. The van der Waals surface area contributed by atoms with E-state index in [2.05, 4.69) is 6.58 Å². The Morgan fingerprint density at radius 1 is 1.36 bits per heavy atom. The van der Waals surface area contributed by atoms with E-state index in [4.69, 9.17) is 9.05 Å². The van der Waals surface area contributed by atoms with Gasteiger partial charge in [0.1, 0.15) is 0 Å². The summed E-state index contributed by atoms with van der Waals surface area (Å²) in [5, 5.41) is 0.459. The molecule has 0 aliphatic heterocycles. The van der Waals surface area contributed by atoms with Crippen LogP contribution in [0.4, 0.5) is 0 Å². The zero-order chi connectivity index (χ0) is 8.91. The van der Waals surface area contributed by atoms with Crippen LogP contribution in [0.3, 0.4) is 0 Å². The molecule has 0 spiro atoms. The number of rotatable bonds is 5. The van der Waals surface area contributed by atoms with Crippen LogP contribution < -0.4 is 0 Å². The van der Waals surface area contributed by atoms with Gasteiger partial charge in [-0.1, -0.05) is 6.58 Å². The molecule has 0 fully saturated rings. The third-order valence-electron chi connectivity index (χ3n) is 1.07. The van der Waals surface area contributed by atoms with Gasteiger partial charge in [0.2, 0.25) is 0 Å². The predicted octanol–water partition coefficient (Wildman–Crippen LogP) is 2.79. The molecule has 0 aromatic carbocycles. The largest absolute Gasteiger partial charge is 0.356 e. The molecule has 66 valence electrons. The highest BCUT2D eigenvalue weighted by molar-refractivity contribution is 7.58. The van der Waals surface area contributed by atoms with Gasteiger partial charge in [0.05, 0.1) is 13.2 Å². The first-order valence-electron chi connectivity index (χ1n) is 3.62. The first-order chi connectivity index (χ1) is 5.06. The minimum Gasteiger partial charge on any atom is -0.306 e. The molecule has 0 saturated heterocycles. The van der Waals surface area contributed by atoms with Gasteiger partial charge < -0.3 is 9.05 Å². The van der Waals surface area contributed by atoms with Crippen molar-refractivity contribution < 1.29 is 13.6 Å². The van der Waals surface area contributed by atoms with Crippen molar-refractivity contribution in [3.8, 4) is 0 Å². The topological polar surface area (TPSA) is 35.5 Å². The summed E-state index contributed by atoms with van der Waals surface area (Å²) < 4.78 is 21.5. The van der Waals surface area contributed by atoms with Crippen molar-refractivity contribution in [3.05, 3.63) is 11.9 Å². The predicted molar refractivity (Wildman–Crippen MR) is 45.7 cm³/mol. The van der Waals surface area contributed by atoms with Crippen molar-refractivity contribution in [2.75, 3.05) is 13.2 Å². The summed E-state index contributed by atoms with van der Waals surface area (Å²) in [6.45, 7) is 9.50. The Labute approximate surface area is 67.9 Å². The highest BCUT2D eigenvalue weighted by atomic mass is 31.2. The SMILES string of the molecule is C=C(C)P(=O)(OCC)OCC. The number of allylic oxidation sites excluding steroid dienone is 1. The molecule has 0 bridgehead atoms. The first kappa shape index (κ1) is 10.9. The lowest BCUT2D eigenvalue weighted by atomic mass is 10.8. The molecule has 0 saturated carbocycles. The Morgan fingerprint density at radius 2 is 1.73 bits per heavy atom. The fraction of sp³-hybridized carbons (Fsp3) is 0.714. The molecule has 0 amide bonds. The fourth-order valence-electron chi connectivity index (χ4n) is 0.598. The summed E-state index contributed by atoms with van der Waals surface area (Å²) in [4.78, 5) is 0. The van der Waals surface area contributed by atoms with Crippen molar-refractivity contribution in [1.29, 1.82) is 0 Å². The maximum atomic E-state index is 11.6. The average Bonchev–Trinajstić information content (AvgIpc) is 1.88. The minimum atomic E-state index is -2.99. The van der Waals surface area contributed by atoms with Crippen LogP contribution in [-0.4, -0.2) is 13.2 Å². The standard InChI is InChI=1S/C7H15O3P/c1-5-9-11(8,7(3)4)10-6-2/h3,5-6H2,1-2,4H3. The summed E-state index contributed by atoms with van der Waals surface area (Å²) in [7, 11) is -2.99. The summed E-state index contributed by atoms with van der Waals surface area (Å²) in [5.74, 6) is 0. The van der Waals surface area contributed by atoms with Crippen molar-refractivity contribution >= 4 is 7.60 Å². The molecule has 0 heterocycles. The van der Waals surface area contributed by atoms with E-state index in [0.29, 0.717) is 18.5 Å². The molecule has 0 atom stereocenters. The quantitative estimate of drug-likeness (QED) is 0.607.